The number of aliphatic hydroxyl groups excluding tert-OH is 1. The van der Waals surface area contributed by atoms with Gasteiger partial charge >= 0.3 is 0 Å². The molecule has 5 heteroatoms. The van der Waals surface area contributed by atoms with Crippen molar-refractivity contribution in [3.63, 3.8) is 0 Å². The molecule has 0 amide bonds. The maximum absolute atomic E-state index is 9.51. The van der Waals surface area contributed by atoms with Crippen LogP contribution in [-0.2, 0) is 4.84 Å². The molecule has 0 spiro atoms. The predicted molar refractivity (Wildman–Crippen MR) is 46.6 cm³/mol. The maximum atomic E-state index is 9.51. The molecule has 0 aliphatic rings. The summed E-state index contributed by atoms with van der Waals surface area (Å²) in [5, 5.41) is 10.8. The van der Waals surface area contributed by atoms with Crippen molar-refractivity contribution in [2.75, 3.05) is 14.2 Å². The second kappa shape index (κ2) is 3.75. The second-order valence-electron chi connectivity index (χ2n) is 2.55. The zero-order valence-electron chi connectivity index (χ0n) is 7.44. The van der Waals surface area contributed by atoms with E-state index in [4.69, 9.17) is 9.25 Å². The Hall–Kier alpha value is -0.775. The molecule has 0 saturated carbocycles. The molecule has 0 aromatic carbocycles. The van der Waals surface area contributed by atoms with Gasteiger partial charge in [-0.15, -0.1) is 0 Å². The molecular formula is C7H12BNO3. The van der Waals surface area contributed by atoms with Gasteiger partial charge in [-0.2, -0.15) is 5.06 Å². The van der Waals surface area contributed by atoms with Gasteiger partial charge in [0.05, 0.1) is 12.8 Å². The zero-order valence-corrected chi connectivity index (χ0v) is 7.44. The van der Waals surface area contributed by atoms with Crippen LogP contribution in [0, 0.1) is 0 Å². The normalized spacial score (nSPS) is 13.7. The van der Waals surface area contributed by atoms with Gasteiger partial charge in [-0.25, -0.2) is 0 Å². The van der Waals surface area contributed by atoms with Crippen LogP contribution < -0.4 is 5.66 Å². The van der Waals surface area contributed by atoms with Crippen molar-refractivity contribution < 1.29 is 14.4 Å². The van der Waals surface area contributed by atoms with E-state index in [1.54, 1.807) is 19.2 Å². The lowest BCUT2D eigenvalue weighted by atomic mass is 10.1. The Bertz CT molecular complexity index is 251. The highest BCUT2D eigenvalue weighted by molar-refractivity contribution is 6.29. The van der Waals surface area contributed by atoms with E-state index in [-0.39, 0.29) is 0 Å². The van der Waals surface area contributed by atoms with Gasteiger partial charge in [0.25, 0.3) is 0 Å². The summed E-state index contributed by atoms with van der Waals surface area (Å²) in [6.45, 7) is 0. The molecule has 0 aliphatic heterocycles. The van der Waals surface area contributed by atoms with Crippen molar-refractivity contribution in [2.45, 2.75) is 6.23 Å². The molecule has 0 aliphatic carbocycles. The van der Waals surface area contributed by atoms with E-state index >= 15 is 0 Å². The molecule has 0 saturated heterocycles. The SMILES string of the molecule is Bc1ccc(C(O)N(C)OC)o1. The standard InChI is InChI=1S/C7H12BNO3/c1-9(11-2)7(10)5-3-4-6(8)12-5/h3-4,7,10H,8H2,1-2H3. The van der Waals surface area contributed by atoms with E-state index in [1.165, 1.54) is 12.2 Å². The maximum Gasteiger partial charge on any atom is 0.188 e. The molecule has 1 N–H and O–H groups in total. The summed E-state index contributed by atoms with van der Waals surface area (Å²) >= 11 is 0. The lowest BCUT2D eigenvalue weighted by Crippen LogP contribution is -2.22. The van der Waals surface area contributed by atoms with Gasteiger partial charge in [0.15, 0.2) is 14.1 Å². The Kier molecular flexibility index (Phi) is 2.91. The molecule has 0 radical (unpaired) electrons. The molecule has 66 valence electrons. The first-order chi connectivity index (χ1) is 5.65. The monoisotopic (exact) mass is 169 g/mol. The van der Waals surface area contributed by atoms with Crippen molar-refractivity contribution in [2.24, 2.45) is 0 Å². The number of hydrogen-bond donors (Lipinski definition) is 1. The predicted octanol–water partition coefficient (Wildman–Crippen LogP) is -0.978. The van der Waals surface area contributed by atoms with Crippen LogP contribution in [0.1, 0.15) is 12.0 Å². The Morgan fingerprint density at radius 1 is 1.67 bits per heavy atom. The van der Waals surface area contributed by atoms with E-state index in [0.717, 1.165) is 5.66 Å². The first-order valence-electron chi connectivity index (χ1n) is 3.66. The minimum Gasteiger partial charge on any atom is -0.473 e. The van der Waals surface area contributed by atoms with E-state index in [9.17, 15) is 5.11 Å². The van der Waals surface area contributed by atoms with Gasteiger partial charge in [-0.1, -0.05) is 0 Å². The van der Waals surface area contributed by atoms with Gasteiger partial charge in [-0.05, 0) is 12.1 Å². The summed E-state index contributed by atoms with van der Waals surface area (Å²) < 4.78 is 5.20. The number of aliphatic hydroxyl groups is 1. The van der Waals surface area contributed by atoms with Gasteiger partial charge in [0.1, 0.15) is 5.76 Å². The minimum atomic E-state index is -0.844. The van der Waals surface area contributed by atoms with E-state index < -0.39 is 6.23 Å². The fourth-order valence-corrected chi connectivity index (χ4v) is 0.871. The first-order valence-corrected chi connectivity index (χ1v) is 3.66. The Balaban J connectivity index is 2.70. The third-order valence-corrected chi connectivity index (χ3v) is 1.65. The quantitative estimate of drug-likeness (QED) is 0.359. The lowest BCUT2D eigenvalue weighted by molar-refractivity contribution is -0.211. The van der Waals surface area contributed by atoms with E-state index in [1.807, 2.05) is 7.85 Å². The molecule has 1 rings (SSSR count). The fraction of sp³-hybridized carbons (Fsp3) is 0.429. The van der Waals surface area contributed by atoms with Crippen LogP contribution in [-0.4, -0.2) is 32.2 Å². The molecule has 0 bridgehead atoms. The van der Waals surface area contributed by atoms with Crippen LogP contribution in [0.2, 0.25) is 0 Å². The third kappa shape index (κ3) is 1.88. The van der Waals surface area contributed by atoms with Crippen molar-refractivity contribution in [1.29, 1.82) is 0 Å². The average molecular weight is 169 g/mol. The number of nitrogens with zero attached hydrogens (tertiary/aromatic N) is 1. The highest BCUT2D eigenvalue weighted by Gasteiger charge is 2.15. The van der Waals surface area contributed by atoms with Crippen LogP contribution in [0.3, 0.4) is 0 Å². The Morgan fingerprint density at radius 3 is 2.75 bits per heavy atom. The molecule has 4 nitrogen and oxygen atoms in total. The summed E-state index contributed by atoms with van der Waals surface area (Å²) in [7, 11) is 4.94. The van der Waals surface area contributed by atoms with Crippen molar-refractivity contribution in [1.82, 2.24) is 5.06 Å². The van der Waals surface area contributed by atoms with Gasteiger partial charge in [0, 0.05) is 7.05 Å². The molecule has 1 aromatic heterocycles. The molecule has 1 atom stereocenters. The number of furan rings is 1. The molecule has 0 fully saturated rings. The molecule has 1 unspecified atom stereocenters. The van der Waals surface area contributed by atoms with Gasteiger partial charge < -0.3 is 9.52 Å². The number of hydrogen-bond acceptors (Lipinski definition) is 4. The third-order valence-electron chi connectivity index (χ3n) is 1.65. The van der Waals surface area contributed by atoms with Crippen molar-refractivity contribution in [3.8, 4) is 0 Å². The molecule has 1 heterocycles. The average Bonchev–Trinajstić information content (AvgIpc) is 2.49. The van der Waals surface area contributed by atoms with E-state index in [0.29, 0.717) is 5.76 Å². The van der Waals surface area contributed by atoms with Crippen LogP contribution in [0.25, 0.3) is 0 Å². The Morgan fingerprint density at radius 2 is 2.33 bits per heavy atom. The summed E-state index contributed by atoms with van der Waals surface area (Å²) in [6.07, 6.45) is -0.844. The van der Waals surface area contributed by atoms with Crippen LogP contribution in [0.15, 0.2) is 16.5 Å². The van der Waals surface area contributed by atoms with Crippen LogP contribution in [0.5, 0.6) is 0 Å². The largest absolute Gasteiger partial charge is 0.473 e. The summed E-state index contributed by atoms with van der Waals surface area (Å²) in [4.78, 5) is 4.80. The first kappa shape index (κ1) is 9.31. The van der Waals surface area contributed by atoms with Gasteiger partial charge in [0.2, 0.25) is 0 Å². The van der Waals surface area contributed by atoms with Crippen LogP contribution in [0.4, 0.5) is 0 Å². The Labute approximate surface area is 72.1 Å². The van der Waals surface area contributed by atoms with E-state index in [2.05, 4.69) is 0 Å². The smallest absolute Gasteiger partial charge is 0.188 e. The number of hydroxylamine groups is 2. The highest BCUT2D eigenvalue weighted by Crippen LogP contribution is 2.14. The minimum absolute atomic E-state index is 0.483. The van der Waals surface area contributed by atoms with Gasteiger partial charge in [-0.3, -0.25) is 4.84 Å². The molecule has 12 heavy (non-hydrogen) atoms. The topological polar surface area (TPSA) is 45.8 Å². The summed E-state index contributed by atoms with van der Waals surface area (Å²) in [5.41, 5.74) is 0.772. The fourth-order valence-electron chi connectivity index (χ4n) is 0.871. The second-order valence-corrected chi connectivity index (χ2v) is 2.55. The molecular weight excluding hydrogens is 157 g/mol. The van der Waals surface area contributed by atoms with Crippen molar-refractivity contribution in [3.05, 3.63) is 17.9 Å². The van der Waals surface area contributed by atoms with Crippen molar-refractivity contribution >= 4 is 13.5 Å². The van der Waals surface area contributed by atoms with Crippen LogP contribution >= 0.6 is 0 Å². The summed E-state index contributed by atoms with van der Waals surface area (Å²) in [6, 6.07) is 3.51. The molecule has 1 aromatic rings. The lowest BCUT2D eigenvalue weighted by Gasteiger charge is -2.18. The summed E-state index contributed by atoms with van der Waals surface area (Å²) in [5.74, 6) is 0.483. The number of rotatable bonds is 3. The highest BCUT2D eigenvalue weighted by atomic mass is 16.7. The zero-order chi connectivity index (χ0) is 9.14.